The lowest BCUT2D eigenvalue weighted by atomic mass is 9.86. The zero-order valence-electron chi connectivity index (χ0n) is 14.8. The number of hydrogen-bond acceptors (Lipinski definition) is 6. The van der Waals surface area contributed by atoms with Gasteiger partial charge in [-0.05, 0) is 43.6 Å². The van der Waals surface area contributed by atoms with Crippen molar-refractivity contribution in [3.8, 4) is 11.5 Å². The van der Waals surface area contributed by atoms with E-state index in [0.29, 0.717) is 18.1 Å². The van der Waals surface area contributed by atoms with Crippen molar-refractivity contribution in [1.82, 2.24) is 10.1 Å². The third-order valence-electron chi connectivity index (χ3n) is 4.44. The first-order valence-electron chi connectivity index (χ1n) is 8.58. The van der Waals surface area contributed by atoms with E-state index in [2.05, 4.69) is 15.5 Å². The van der Waals surface area contributed by atoms with Gasteiger partial charge in [0.1, 0.15) is 11.3 Å². The molecule has 0 unspecified atom stereocenters. The van der Waals surface area contributed by atoms with Crippen LogP contribution >= 0.6 is 11.3 Å². The molecular weight excluding hydrogens is 338 g/mol. The molecule has 2 heterocycles. The summed E-state index contributed by atoms with van der Waals surface area (Å²) in [5.41, 5.74) is 1.74. The molecule has 0 radical (unpaired) electrons. The largest absolute Gasteiger partial charge is 0.334 e. The highest BCUT2D eigenvalue weighted by Crippen LogP contribution is 2.44. The van der Waals surface area contributed by atoms with Gasteiger partial charge in [-0.15, -0.1) is 11.3 Å². The summed E-state index contributed by atoms with van der Waals surface area (Å²) < 4.78 is 5.38. The van der Waals surface area contributed by atoms with Crippen LogP contribution in [-0.4, -0.2) is 22.3 Å². The Morgan fingerprint density at radius 1 is 1.36 bits per heavy atom. The van der Waals surface area contributed by atoms with Crippen molar-refractivity contribution in [2.24, 2.45) is 5.41 Å². The Kier molecular flexibility index (Phi) is 5.03. The summed E-state index contributed by atoms with van der Waals surface area (Å²) in [6, 6.07) is 0. The van der Waals surface area contributed by atoms with Crippen LogP contribution in [0.2, 0.25) is 0 Å². The van der Waals surface area contributed by atoms with Gasteiger partial charge in [0.25, 0.3) is 5.89 Å². The fourth-order valence-electron chi connectivity index (χ4n) is 3.18. The van der Waals surface area contributed by atoms with Crippen LogP contribution < -0.4 is 5.32 Å². The van der Waals surface area contributed by atoms with Crippen molar-refractivity contribution < 1.29 is 14.1 Å². The van der Waals surface area contributed by atoms with E-state index in [1.807, 2.05) is 13.8 Å². The van der Waals surface area contributed by atoms with Gasteiger partial charge in [0.15, 0.2) is 5.82 Å². The van der Waals surface area contributed by atoms with Crippen molar-refractivity contribution in [2.75, 3.05) is 5.32 Å². The first-order valence-corrected chi connectivity index (χ1v) is 9.40. The fourth-order valence-corrected chi connectivity index (χ4v) is 4.48. The van der Waals surface area contributed by atoms with E-state index < -0.39 is 0 Å². The molecule has 0 fully saturated rings. The quantitative estimate of drug-likeness (QED) is 0.788. The van der Waals surface area contributed by atoms with E-state index in [4.69, 9.17) is 4.52 Å². The number of amides is 1. The molecule has 1 aliphatic rings. The molecule has 3 rings (SSSR count). The highest BCUT2D eigenvalue weighted by Gasteiger charge is 2.28. The van der Waals surface area contributed by atoms with Gasteiger partial charge in [-0.1, -0.05) is 19.0 Å². The molecule has 2 aromatic heterocycles. The molecule has 25 heavy (non-hydrogen) atoms. The number of carbonyl (C=O) groups excluding carboxylic acids is 2. The van der Waals surface area contributed by atoms with E-state index >= 15 is 0 Å². The number of rotatable bonds is 6. The Morgan fingerprint density at radius 2 is 2.12 bits per heavy atom. The Labute approximate surface area is 151 Å². The summed E-state index contributed by atoms with van der Waals surface area (Å²) in [6.45, 7) is 5.62. The second-order valence-electron chi connectivity index (χ2n) is 7.32. The van der Waals surface area contributed by atoms with Crippen LogP contribution in [-0.2, 0) is 22.4 Å². The van der Waals surface area contributed by atoms with Crippen molar-refractivity contribution in [3.63, 3.8) is 0 Å². The molecule has 0 saturated carbocycles. The maximum Gasteiger partial charge on any atom is 0.261 e. The molecule has 1 N–H and O–H groups in total. The molecule has 0 bridgehead atoms. The molecule has 0 saturated heterocycles. The monoisotopic (exact) mass is 361 g/mol. The number of anilines is 1. The summed E-state index contributed by atoms with van der Waals surface area (Å²) in [6.07, 6.45) is 5.79. The number of hydrogen-bond donors (Lipinski definition) is 1. The van der Waals surface area contributed by atoms with E-state index in [9.17, 15) is 9.59 Å². The van der Waals surface area contributed by atoms with Crippen LogP contribution in [0.1, 0.15) is 55.8 Å². The number of thiophene rings is 1. The molecule has 6 nitrogen and oxygen atoms in total. The molecule has 1 amide bonds. The summed E-state index contributed by atoms with van der Waals surface area (Å²) in [5.74, 6) is 0.956. The van der Waals surface area contributed by atoms with Gasteiger partial charge < -0.3 is 14.6 Å². The molecule has 0 aliphatic heterocycles. The number of aromatic nitrogens is 2. The Morgan fingerprint density at radius 3 is 2.80 bits per heavy atom. The molecule has 7 heteroatoms. The Hall–Kier alpha value is -2.02. The molecule has 1 aliphatic carbocycles. The fraction of sp³-hybridized carbons (Fsp3) is 0.556. The zero-order valence-corrected chi connectivity index (χ0v) is 15.7. The van der Waals surface area contributed by atoms with Gasteiger partial charge in [-0.3, -0.25) is 4.79 Å². The average Bonchev–Trinajstić information content (AvgIpc) is 3.09. The standard InChI is InChI=1S/C18H23N3O3S/c1-11-19-16(24-21-11)15-12-6-4-5-7-13(12)25-17(15)20-14(23)10-18(2,3)8-9-22/h9H,4-8,10H2,1-3H3,(H,20,23). The zero-order chi connectivity index (χ0) is 18.0. The van der Waals surface area contributed by atoms with Gasteiger partial charge in [-0.25, -0.2) is 0 Å². The summed E-state index contributed by atoms with van der Waals surface area (Å²) >= 11 is 1.60. The SMILES string of the molecule is Cc1noc(-c2c(NC(=O)CC(C)(C)CC=O)sc3c2CCCC3)n1. The van der Waals surface area contributed by atoms with Crippen molar-refractivity contribution >= 4 is 28.5 Å². The lowest BCUT2D eigenvalue weighted by molar-refractivity contribution is -0.118. The van der Waals surface area contributed by atoms with Crippen molar-refractivity contribution in [1.29, 1.82) is 0 Å². The number of fused-ring (bicyclic) bond motifs is 1. The highest BCUT2D eigenvalue weighted by atomic mass is 32.1. The maximum absolute atomic E-state index is 12.5. The van der Waals surface area contributed by atoms with Crippen molar-refractivity contribution in [2.45, 2.75) is 59.3 Å². The summed E-state index contributed by atoms with van der Waals surface area (Å²) in [4.78, 5) is 29.0. The van der Waals surface area contributed by atoms with Crippen LogP contribution in [0.5, 0.6) is 0 Å². The van der Waals surface area contributed by atoms with E-state index in [0.717, 1.165) is 42.5 Å². The molecule has 2 aromatic rings. The number of aryl methyl sites for hydroxylation is 2. The lowest BCUT2D eigenvalue weighted by Crippen LogP contribution is -2.22. The van der Waals surface area contributed by atoms with E-state index in [1.54, 1.807) is 18.3 Å². The predicted octanol–water partition coefficient (Wildman–Crippen LogP) is 3.93. The minimum absolute atomic E-state index is 0.0945. The number of aldehydes is 1. The number of carbonyl (C=O) groups is 2. The molecule has 134 valence electrons. The average molecular weight is 361 g/mol. The Balaban J connectivity index is 1.89. The van der Waals surface area contributed by atoms with E-state index in [1.165, 1.54) is 10.4 Å². The van der Waals surface area contributed by atoms with Crippen LogP contribution in [0.25, 0.3) is 11.5 Å². The maximum atomic E-state index is 12.5. The normalized spacial score (nSPS) is 14.2. The first kappa shape index (κ1) is 17.8. The molecule has 0 aromatic carbocycles. The van der Waals surface area contributed by atoms with Crippen LogP contribution in [0.3, 0.4) is 0 Å². The van der Waals surface area contributed by atoms with Gasteiger partial charge >= 0.3 is 0 Å². The first-order chi connectivity index (χ1) is 11.9. The smallest absolute Gasteiger partial charge is 0.261 e. The topological polar surface area (TPSA) is 85.1 Å². The molecular formula is C18H23N3O3S. The number of nitrogens with zero attached hydrogens (tertiary/aromatic N) is 2. The van der Waals surface area contributed by atoms with Crippen molar-refractivity contribution in [3.05, 3.63) is 16.3 Å². The third-order valence-corrected chi connectivity index (χ3v) is 5.65. The molecule has 0 spiro atoms. The summed E-state index contributed by atoms with van der Waals surface area (Å²) in [5, 5.41) is 7.70. The second-order valence-corrected chi connectivity index (χ2v) is 8.43. The van der Waals surface area contributed by atoms with Gasteiger partial charge in [0.2, 0.25) is 5.91 Å². The van der Waals surface area contributed by atoms with Crippen LogP contribution in [0.15, 0.2) is 4.52 Å². The molecule has 0 atom stereocenters. The second kappa shape index (κ2) is 7.07. The van der Waals surface area contributed by atoms with Gasteiger partial charge in [-0.2, -0.15) is 4.98 Å². The predicted molar refractivity (Wildman–Crippen MR) is 96.7 cm³/mol. The van der Waals surface area contributed by atoms with Gasteiger partial charge in [0.05, 0.1) is 5.56 Å². The van der Waals surface area contributed by atoms with Crippen LogP contribution in [0.4, 0.5) is 5.00 Å². The van der Waals surface area contributed by atoms with Gasteiger partial charge in [0, 0.05) is 17.7 Å². The minimum Gasteiger partial charge on any atom is -0.334 e. The highest BCUT2D eigenvalue weighted by molar-refractivity contribution is 7.17. The lowest BCUT2D eigenvalue weighted by Gasteiger charge is -2.20. The van der Waals surface area contributed by atoms with Crippen LogP contribution in [0, 0.1) is 12.3 Å². The minimum atomic E-state index is -0.357. The van der Waals surface area contributed by atoms with E-state index in [-0.39, 0.29) is 17.7 Å². The third kappa shape index (κ3) is 3.98. The number of nitrogens with one attached hydrogen (secondary N) is 1. The Bertz CT molecular complexity index is 792. The summed E-state index contributed by atoms with van der Waals surface area (Å²) in [7, 11) is 0.